The summed E-state index contributed by atoms with van der Waals surface area (Å²) in [6.45, 7) is 12.8. The summed E-state index contributed by atoms with van der Waals surface area (Å²) in [6, 6.07) is 7.16. The number of Topliss-reactive ketones (excluding diaryl/α,β-unsaturated/α-hetero) is 2. The van der Waals surface area contributed by atoms with E-state index in [1.807, 2.05) is 12.1 Å². The van der Waals surface area contributed by atoms with Gasteiger partial charge in [0.25, 0.3) is 0 Å². The van der Waals surface area contributed by atoms with Crippen LogP contribution in [-0.2, 0) is 0 Å². The molecule has 1 unspecified atom stereocenters. The van der Waals surface area contributed by atoms with Crippen LogP contribution >= 0.6 is 0 Å². The lowest BCUT2D eigenvalue weighted by molar-refractivity contribution is 0.0973. The van der Waals surface area contributed by atoms with E-state index < -0.39 is 0 Å². The minimum absolute atomic E-state index is 0.00423. The van der Waals surface area contributed by atoms with Gasteiger partial charge in [0, 0.05) is 22.3 Å². The summed E-state index contributed by atoms with van der Waals surface area (Å²) >= 11 is 0. The molecule has 0 aliphatic heterocycles. The molecule has 178 valence electrons. The molecule has 0 heterocycles. The van der Waals surface area contributed by atoms with E-state index in [-0.39, 0.29) is 11.6 Å². The van der Waals surface area contributed by atoms with Crippen LogP contribution in [0.25, 0.3) is 0 Å². The highest BCUT2D eigenvalue weighted by atomic mass is 16.1. The van der Waals surface area contributed by atoms with Crippen LogP contribution in [-0.4, -0.2) is 11.6 Å². The Morgan fingerprint density at radius 1 is 0.818 bits per heavy atom. The lowest BCUT2D eigenvalue weighted by atomic mass is 9.83. The number of ketones is 2. The van der Waals surface area contributed by atoms with Gasteiger partial charge in [-0.1, -0.05) is 72.6 Å². The maximum absolute atomic E-state index is 12.9. The van der Waals surface area contributed by atoms with Crippen molar-refractivity contribution in [3.63, 3.8) is 0 Å². The third-order valence-electron chi connectivity index (χ3n) is 6.65. The van der Waals surface area contributed by atoms with E-state index in [9.17, 15) is 9.59 Å². The Bertz CT molecular complexity index is 964. The molecular formula is C31H42O2. The third kappa shape index (κ3) is 8.42. The molecule has 1 aliphatic carbocycles. The zero-order chi connectivity index (χ0) is 24.4. The van der Waals surface area contributed by atoms with Crippen LogP contribution in [0.4, 0.5) is 0 Å². The number of rotatable bonds is 12. The predicted molar refractivity (Wildman–Crippen MR) is 141 cm³/mol. The van der Waals surface area contributed by atoms with Gasteiger partial charge in [0.15, 0.2) is 11.6 Å². The van der Waals surface area contributed by atoms with Gasteiger partial charge in [0.05, 0.1) is 0 Å². The fourth-order valence-electron chi connectivity index (χ4n) is 4.35. The Balaban J connectivity index is 1.76. The standard InChI is InChI=1S/C31H42O2/c1-22(2)12-9-13-23(3)14-10-15-24(4)16-11-17-25(5)20-21-27-26(6)30(32)28-18-7-8-19-29(28)31(27)33/h7-8,12,14,18-20,24H,9-11,13,15-17,21H2,1-6H3/b23-14+,25-20+. The van der Waals surface area contributed by atoms with Crippen molar-refractivity contribution < 1.29 is 9.59 Å². The van der Waals surface area contributed by atoms with Crippen LogP contribution in [0.2, 0.25) is 0 Å². The Labute approximate surface area is 201 Å². The van der Waals surface area contributed by atoms with Crippen molar-refractivity contribution in [2.24, 2.45) is 5.92 Å². The number of hydrogen-bond acceptors (Lipinski definition) is 2. The number of carbonyl (C=O) groups is 2. The fraction of sp³-hybridized carbons (Fsp3) is 0.484. The van der Waals surface area contributed by atoms with Crippen molar-refractivity contribution in [2.75, 3.05) is 0 Å². The quantitative estimate of drug-likeness (QED) is 0.300. The van der Waals surface area contributed by atoms with Gasteiger partial charge < -0.3 is 0 Å². The highest BCUT2D eigenvalue weighted by Crippen LogP contribution is 2.28. The molecule has 0 radical (unpaired) electrons. The molecule has 1 aromatic carbocycles. The molecule has 1 aromatic rings. The van der Waals surface area contributed by atoms with Crippen molar-refractivity contribution in [1.29, 1.82) is 0 Å². The summed E-state index contributed by atoms with van der Waals surface area (Å²) < 4.78 is 0. The molecule has 0 saturated heterocycles. The van der Waals surface area contributed by atoms with Crippen LogP contribution in [0.15, 0.2) is 70.4 Å². The first-order chi connectivity index (χ1) is 15.7. The van der Waals surface area contributed by atoms with E-state index in [1.54, 1.807) is 19.1 Å². The second-order valence-electron chi connectivity index (χ2n) is 10.0. The molecule has 0 N–H and O–H groups in total. The van der Waals surface area contributed by atoms with E-state index in [1.165, 1.54) is 48.8 Å². The van der Waals surface area contributed by atoms with E-state index >= 15 is 0 Å². The van der Waals surface area contributed by atoms with E-state index in [0.717, 1.165) is 18.8 Å². The minimum Gasteiger partial charge on any atom is -0.289 e. The molecular weight excluding hydrogens is 404 g/mol. The van der Waals surface area contributed by atoms with E-state index in [0.29, 0.717) is 28.7 Å². The molecule has 2 rings (SSSR count). The maximum atomic E-state index is 12.9. The van der Waals surface area contributed by atoms with Crippen molar-refractivity contribution >= 4 is 11.6 Å². The summed E-state index contributed by atoms with van der Waals surface area (Å²) in [6.07, 6.45) is 15.6. The number of fused-ring (bicyclic) bond motifs is 1. The summed E-state index contributed by atoms with van der Waals surface area (Å²) in [5.41, 5.74) is 6.54. The second-order valence-corrected chi connectivity index (χ2v) is 10.0. The number of allylic oxidation sites excluding steroid dienone is 8. The van der Waals surface area contributed by atoms with E-state index in [4.69, 9.17) is 0 Å². The third-order valence-corrected chi connectivity index (χ3v) is 6.65. The highest BCUT2D eigenvalue weighted by molar-refractivity contribution is 6.26. The molecule has 33 heavy (non-hydrogen) atoms. The van der Waals surface area contributed by atoms with Crippen LogP contribution in [0.3, 0.4) is 0 Å². The number of carbonyl (C=O) groups excluding carboxylic acids is 2. The summed E-state index contributed by atoms with van der Waals surface area (Å²) in [5, 5.41) is 0. The lowest BCUT2D eigenvalue weighted by Crippen LogP contribution is -2.20. The molecule has 2 nitrogen and oxygen atoms in total. The summed E-state index contributed by atoms with van der Waals surface area (Å²) in [5.74, 6) is 0.713. The predicted octanol–water partition coefficient (Wildman–Crippen LogP) is 9.00. The first kappa shape index (κ1) is 26.8. The zero-order valence-electron chi connectivity index (χ0n) is 21.6. The molecule has 0 aromatic heterocycles. The normalized spacial score (nSPS) is 15.6. The van der Waals surface area contributed by atoms with Gasteiger partial charge in [0.2, 0.25) is 0 Å². The Morgan fingerprint density at radius 2 is 1.45 bits per heavy atom. The van der Waals surface area contributed by atoms with Gasteiger partial charge in [-0.3, -0.25) is 9.59 Å². The van der Waals surface area contributed by atoms with Crippen molar-refractivity contribution in [2.45, 2.75) is 92.9 Å². The SMILES string of the molecule is CC(C)=CCC/C(C)=C/CCC(C)CCC/C(C)=C/CC1=C(C)C(=O)c2ccccc2C1=O. The molecule has 1 aliphatic rings. The maximum Gasteiger partial charge on any atom is 0.190 e. The topological polar surface area (TPSA) is 34.1 Å². The van der Waals surface area contributed by atoms with Gasteiger partial charge in [-0.05, 0) is 85.5 Å². The largest absolute Gasteiger partial charge is 0.289 e. The monoisotopic (exact) mass is 446 g/mol. The summed E-state index contributed by atoms with van der Waals surface area (Å²) in [7, 11) is 0. The van der Waals surface area contributed by atoms with Crippen LogP contribution in [0.1, 0.15) is 114 Å². The highest BCUT2D eigenvalue weighted by Gasteiger charge is 2.28. The molecule has 0 bridgehead atoms. The number of hydrogen-bond donors (Lipinski definition) is 0. The smallest absolute Gasteiger partial charge is 0.190 e. The average molecular weight is 447 g/mol. The Hall–Kier alpha value is -2.48. The molecule has 0 amide bonds. The fourth-order valence-corrected chi connectivity index (χ4v) is 4.35. The first-order valence-electron chi connectivity index (χ1n) is 12.5. The molecule has 0 saturated carbocycles. The van der Waals surface area contributed by atoms with Crippen molar-refractivity contribution in [3.05, 3.63) is 81.5 Å². The molecule has 1 atom stereocenters. The summed E-state index contributed by atoms with van der Waals surface area (Å²) in [4.78, 5) is 25.5. The first-order valence-corrected chi connectivity index (χ1v) is 12.5. The minimum atomic E-state index is -0.0127. The molecule has 0 fully saturated rings. The van der Waals surface area contributed by atoms with Crippen molar-refractivity contribution in [3.8, 4) is 0 Å². The molecule has 0 spiro atoms. The Kier molecular flexibility index (Phi) is 10.8. The lowest BCUT2D eigenvalue weighted by Gasteiger charge is -2.18. The van der Waals surface area contributed by atoms with Gasteiger partial charge in [-0.25, -0.2) is 0 Å². The van der Waals surface area contributed by atoms with Gasteiger partial charge in [-0.2, -0.15) is 0 Å². The van der Waals surface area contributed by atoms with Gasteiger partial charge in [0.1, 0.15) is 0 Å². The zero-order valence-corrected chi connectivity index (χ0v) is 21.6. The number of benzene rings is 1. The molecule has 2 heteroatoms. The van der Waals surface area contributed by atoms with Crippen molar-refractivity contribution in [1.82, 2.24) is 0 Å². The Morgan fingerprint density at radius 3 is 2.12 bits per heavy atom. The van der Waals surface area contributed by atoms with Crippen LogP contribution in [0.5, 0.6) is 0 Å². The average Bonchev–Trinajstić information content (AvgIpc) is 2.77. The van der Waals surface area contributed by atoms with Crippen LogP contribution < -0.4 is 0 Å². The van der Waals surface area contributed by atoms with Crippen LogP contribution in [0, 0.1) is 5.92 Å². The van der Waals surface area contributed by atoms with Gasteiger partial charge in [-0.15, -0.1) is 0 Å². The van der Waals surface area contributed by atoms with Gasteiger partial charge >= 0.3 is 0 Å². The second kappa shape index (κ2) is 13.3. The van der Waals surface area contributed by atoms with E-state index in [2.05, 4.69) is 52.8 Å².